The van der Waals surface area contributed by atoms with Gasteiger partial charge in [0.25, 0.3) is 0 Å². The molecule has 0 aromatic heterocycles. The van der Waals surface area contributed by atoms with Crippen molar-refractivity contribution >= 4 is 21.6 Å². The molecule has 0 unspecified atom stereocenters. The van der Waals surface area contributed by atoms with Gasteiger partial charge in [-0.25, -0.2) is 13.1 Å². The number of anilines is 1. The van der Waals surface area contributed by atoms with Crippen LogP contribution in [0.2, 0.25) is 0 Å². The topological polar surface area (TPSA) is 99.2 Å². The first-order valence-electron chi connectivity index (χ1n) is 11.5. The summed E-state index contributed by atoms with van der Waals surface area (Å²) in [7, 11) is -3.78. The van der Waals surface area contributed by atoms with Crippen molar-refractivity contribution in [3.8, 4) is 0 Å². The Kier molecular flexibility index (Phi) is 7.67. The largest absolute Gasteiger partial charge is 0.394 e. The Morgan fingerprint density at radius 1 is 1.03 bits per heavy atom. The molecular weight excluding hydrogens is 454 g/mol. The van der Waals surface area contributed by atoms with Crippen molar-refractivity contribution < 1.29 is 23.1 Å². The second-order valence-electron chi connectivity index (χ2n) is 8.65. The van der Waals surface area contributed by atoms with Crippen LogP contribution < -0.4 is 9.62 Å². The van der Waals surface area contributed by atoms with E-state index in [9.17, 15) is 18.3 Å². The SMILES string of the molecule is Cc1ccc(S(=O)(=O)N[C@@H]2C=C[C@@H](CC(=O)N3CCN(c4ccccc4)CC3)O[C@@H]2CO)cc1. The third kappa shape index (κ3) is 5.85. The van der Waals surface area contributed by atoms with E-state index in [1.807, 2.05) is 30.0 Å². The minimum atomic E-state index is -3.78. The molecule has 2 aliphatic heterocycles. The number of hydrogen-bond acceptors (Lipinski definition) is 6. The molecule has 2 aromatic rings. The third-order valence-corrected chi connectivity index (χ3v) is 7.69. The van der Waals surface area contributed by atoms with Crippen LogP contribution in [0.25, 0.3) is 0 Å². The van der Waals surface area contributed by atoms with E-state index < -0.39 is 28.3 Å². The number of aryl methyl sites for hydroxylation is 1. The second kappa shape index (κ2) is 10.7. The van der Waals surface area contributed by atoms with Crippen molar-refractivity contribution in [3.63, 3.8) is 0 Å². The van der Waals surface area contributed by atoms with Gasteiger partial charge in [-0.05, 0) is 31.2 Å². The summed E-state index contributed by atoms with van der Waals surface area (Å²) in [6.07, 6.45) is 2.22. The van der Waals surface area contributed by atoms with Crippen LogP contribution in [-0.4, -0.2) is 75.4 Å². The van der Waals surface area contributed by atoms with E-state index in [4.69, 9.17) is 4.74 Å². The minimum absolute atomic E-state index is 0.0160. The summed E-state index contributed by atoms with van der Waals surface area (Å²) in [5.74, 6) is -0.0160. The van der Waals surface area contributed by atoms with Gasteiger partial charge in [0.15, 0.2) is 0 Å². The Labute approximate surface area is 200 Å². The van der Waals surface area contributed by atoms with Gasteiger partial charge in [-0.1, -0.05) is 48.0 Å². The summed E-state index contributed by atoms with van der Waals surface area (Å²) in [6, 6.07) is 15.9. The molecule has 1 saturated heterocycles. The highest BCUT2D eigenvalue weighted by atomic mass is 32.2. The summed E-state index contributed by atoms with van der Waals surface area (Å²) >= 11 is 0. The zero-order valence-electron chi connectivity index (χ0n) is 19.2. The lowest BCUT2D eigenvalue weighted by Gasteiger charge is -2.37. The predicted octanol–water partition coefficient (Wildman–Crippen LogP) is 1.70. The van der Waals surface area contributed by atoms with E-state index >= 15 is 0 Å². The number of nitrogens with zero attached hydrogens (tertiary/aromatic N) is 2. The first-order chi connectivity index (χ1) is 16.4. The fraction of sp³-hybridized carbons (Fsp3) is 0.400. The summed E-state index contributed by atoms with van der Waals surface area (Å²) < 4.78 is 33.9. The molecule has 0 aliphatic carbocycles. The number of carbonyl (C=O) groups is 1. The van der Waals surface area contributed by atoms with Crippen LogP contribution in [0.1, 0.15) is 12.0 Å². The van der Waals surface area contributed by atoms with Gasteiger partial charge in [-0.2, -0.15) is 0 Å². The number of para-hydroxylation sites is 1. The van der Waals surface area contributed by atoms with Gasteiger partial charge in [0.2, 0.25) is 15.9 Å². The summed E-state index contributed by atoms with van der Waals surface area (Å²) in [4.78, 5) is 17.1. The Morgan fingerprint density at radius 2 is 1.71 bits per heavy atom. The summed E-state index contributed by atoms with van der Waals surface area (Å²) in [5, 5.41) is 9.81. The number of hydrogen-bond donors (Lipinski definition) is 2. The first kappa shape index (κ1) is 24.4. The van der Waals surface area contributed by atoms with Crippen molar-refractivity contribution in [1.82, 2.24) is 9.62 Å². The van der Waals surface area contributed by atoms with Crippen LogP contribution in [0.15, 0.2) is 71.6 Å². The molecule has 0 saturated carbocycles. The highest BCUT2D eigenvalue weighted by Crippen LogP contribution is 2.21. The number of aliphatic hydroxyl groups excluding tert-OH is 1. The number of aliphatic hydroxyl groups is 1. The number of benzene rings is 2. The van der Waals surface area contributed by atoms with Gasteiger partial charge in [0.1, 0.15) is 6.10 Å². The average molecular weight is 486 g/mol. The van der Waals surface area contributed by atoms with Crippen LogP contribution >= 0.6 is 0 Å². The number of rotatable bonds is 7. The van der Waals surface area contributed by atoms with Crippen molar-refractivity contribution in [3.05, 3.63) is 72.3 Å². The predicted molar refractivity (Wildman–Crippen MR) is 130 cm³/mol. The van der Waals surface area contributed by atoms with Crippen molar-refractivity contribution in [1.29, 1.82) is 0 Å². The molecule has 0 bridgehead atoms. The molecular formula is C25H31N3O5S. The van der Waals surface area contributed by atoms with Crippen LogP contribution in [-0.2, 0) is 19.6 Å². The van der Waals surface area contributed by atoms with E-state index in [1.54, 1.807) is 24.3 Å². The molecule has 0 spiro atoms. The Bertz CT molecular complexity index is 1100. The van der Waals surface area contributed by atoms with Gasteiger partial charge >= 0.3 is 0 Å². The van der Waals surface area contributed by atoms with Crippen molar-refractivity contribution in [2.45, 2.75) is 36.5 Å². The number of sulfonamides is 1. The second-order valence-corrected chi connectivity index (χ2v) is 10.4. The molecule has 2 aromatic carbocycles. The maximum atomic E-state index is 12.8. The van der Waals surface area contributed by atoms with Gasteiger partial charge in [0, 0.05) is 31.9 Å². The lowest BCUT2D eigenvalue weighted by atomic mass is 10.1. The van der Waals surface area contributed by atoms with E-state index in [2.05, 4.69) is 21.8 Å². The Morgan fingerprint density at radius 3 is 2.35 bits per heavy atom. The van der Waals surface area contributed by atoms with Gasteiger partial charge in [-0.3, -0.25) is 4.79 Å². The van der Waals surface area contributed by atoms with Gasteiger partial charge in [0.05, 0.1) is 30.1 Å². The standard InChI is InChI=1S/C25H31N3O5S/c1-19-7-10-22(11-8-19)34(31,32)26-23-12-9-21(33-24(23)18-29)17-25(30)28-15-13-27(14-16-28)20-5-3-2-4-6-20/h2-12,21,23-24,26,29H,13-18H2,1H3/t21-,23+,24+/m0/s1. The van der Waals surface area contributed by atoms with Crippen LogP contribution in [0.5, 0.6) is 0 Å². The molecule has 9 heteroatoms. The molecule has 182 valence electrons. The molecule has 1 fully saturated rings. The monoisotopic (exact) mass is 485 g/mol. The maximum Gasteiger partial charge on any atom is 0.241 e. The van der Waals surface area contributed by atoms with E-state index in [0.29, 0.717) is 13.1 Å². The molecule has 1 amide bonds. The lowest BCUT2D eigenvalue weighted by Crippen LogP contribution is -2.51. The lowest BCUT2D eigenvalue weighted by molar-refractivity contribution is -0.135. The fourth-order valence-electron chi connectivity index (χ4n) is 4.23. The highest BCUT2D eigenvalue weighted by molar-refractivity contribution is 7.89. The van der Waals surface area contributed by atoms with Crippen molar-refractivity contribution in [2.24, 2.45) is 0 Å². The minimum Gasteiger partial charge on any atom is -0.394 e. The third-order valence-electron chi connectivity index (χ3n) is 6.22. The number of piperazine rings is 1. The number of carbonyl (C=O) groups excluding carboxylic acids is 1. The Balaban J connectivity index is 1.32. The molecule has 2 N–H and O–H groups in total. The van der Waals surface area contributed by atoms with Crippen LogP contribution in [0, 0.1) is 6.92 Å². The van der Waals surface area contributed by atoms with E-state index in [-0.39, 0.29) is 23.8 Å². The quantitative estimate of drug-likeness (QED) is 0.579. The van der Waals surface area contributed by atoms with Crippen LogP contribution in [0.3, 0.4) is 0 Å². The zero-order chi connectivity index (χ0) is 24.1. The molecule has 0 radical (unpaired) electrons. The normalized spacial score (nSPS) is 23.2. The highest BCUT2D eigenvalue weighted by Gasteiger charge is 2.32. The smallest absolute Gasteiger partial charge is 0.241 e. The molecule has 34 heavy (non-hydrogen) atoms. The average Bonchev–Trinajstić information content (AvgIpc) is 2.85. The number of ether oxygens (including phenoxy) is 1. The summed E-state index contributed by atoms with van der Waals surface area (Å²) in [5.41, 5.74) is 2.11. The molecule has 2 aliphatic rings. The number of amides is 1. The zero-order valence-corrected chi connectivity index (χ0v) is 20.0. The fourth-order valence-corrected chi connectivity index (χ4v) is 5.45. The molecule has 8 nitrogen and oxygen atoms in total. The van der Waals surface area contributed by atoms with Crippen molar-refractivity contribution in [2.75, 3.05) is 37.7 Å². The van der Waals surface area contributed by atoms with Crippen LogP contribution in [0.4, 0.5) is 5.69 Å². The molecule has 4 rings (SSSR count). The van der Waals surface area contributed by atoms with Gasteiger partial charge in [-0.15, -0.1) is 0 Å². The maximum absolute atomic E-state index is 12.8. The molecule has 3 atom stereocenters. The van der Waals surface area contributed by atoms with E-state index in [0.717, 1.165) is 24.3 Å². The molecule has 2 heterocycles. The summed E-state index contributed by atoms with van der Waals surface area (Å²) in [6.45, 7) is 4.30. The Hall–Kier alpha value is -2.72. The van der Waals surface area contributed by atoms with Gasteiger partial charge < -0.3 is 19.6 Å². The van der Waals surface area contributed by atoms with E-state index in [1.165, 1.54) is 12.1 Å². The first-order valence-corrected chi connectivity index (χ1v) is 13.0. The number of nitrogens with one attached hydrogen (secondary N) is 1.